The van der Waals surface area contributed by atoms with Gasteiger partial charge in [0.05, 0.1) is 5.69 Å². The zero-order chi connectivity index (χ0) is 10.7. The van der Waals surface area contributed by atoms with E-state index in [1.165, 1.54) is 0 Å². The Labute approximate surface area is 91.4 Å². The second-order valence-corrected chi connectivity index (χ2v) is 3.86. The average Bonchev–Trinajstić information content (AvgIpc) is 2.44. The number of alkyl halides is 1. The Kier molecular flexibility index (Phi) is 3.69. The summed E-state index contributed by atoms with van der Waals surface area (Å²) in [4.78, 5) is 17.4. The summed E-state index contributed by atoms with van der Waals surface area (Å²) >= 11 is 3.27. The van der Waals surface area contributed by atoms with E-state index in [-0.39, 0.29) is 5.91 Å². The van der Waals surface area contributed by atoms with Crippen molar-refractivity contribution in [1.29, 1.82) is 0 Å². The molecule has 14 heavy (non-hydrogen) atoms. The van der Waals surface area contributed by atoms with Crippen LogP contribution in [0.15, 0.2) is 4.42 Å². The summed E-state index contributed by atoms with van der Waals surface area (Å²) in [5.41, 5.74) is 0.647. The summed E-state index contributed by atoms with van der Waals surface area (Å²) in [7, 11) is 1.74. The number of carbonyl (C=O) groups excluding carboxylic acids is 1. The van der Waals surface area contributed by atoms with Crippen molar-refractivity contribution in [3.05, 3.63) is 17.3 Å². The van der Waals surface area contributed by atoms with Crippen molar-refractivity contribution in [3.8, 4) is 0 Å². The molecule has 0 N–H and O–H groups in total. The van der Waals surface area contributed by atoms with E-state index in [0.717, 1.165) is 5.33 Å². The fourth-order valence-corrected chi connectivity index (χ4v) is 1.66. The maximum atomic E-state index is 11.7. The Morgan fingerprint density at radius 1 is 1.57 bits per heavy atom. The Morgan fingerprint density at radius 2 is 2.21 bits per heavy atom. The third-order valence-corrected chi connectivity index (χ3v) is 2.22. The summed E-state index contributed by atoms with van der Waals surface area (Å²) in [6.07, 6.45) is 0. The van der Waals surface area contributed by atoms with Gasteiger partial charge in [0.15, 0.2) is 5.89 Å². The number of aryl methyl sites for hydroxylation is 2. The van der Waals surface area contributed by atoms with Gasteiger partial charge in [-0.2, -0.15) is 0 Å². The lowest BCUT2D eigenvalue weighted by molar-refractivity contribution is 0.0770. The van der Waals surface area contributed by atoms with Gasteiger partial charge in [0.2, 0.25) is 5.76 Å². The highest BCUT2D eigenvalue weighted by atomic mass is 79.9. The van der Waals surface area contributed by atoms with Crippen molar-refractivity contribution >= 4 is 21.8 Å². The van der Waals surface area contributed by atoms with E-state index in [4.69, 9.17) is 4.42 Å². The standard InChI is InChI=1S/C9H13BrN2O2/c1-6-8(14-7(2)11-6)9(13)12(3)5-4-10/h4-5H2,1-3H3. The van der Waals surface area contributed by atoms with E-state index in [9.17, 15) is 4.79 Å². The molecule has 0 aliphatic carbocycles. The van der Waals surface area contributed by atoms with Gasteiger partial charge in [-0.1, -0.05) is 15.9 Å². The molecule has 0 atom stereocenters. The molecular weight excluding hydrogens is 248 g/mol. The molecule has 0 radical (unpaired) electrons. The van der Waals surface area contributed by atoms with E-state index in [2.05, 4.69) is 20.9 Å². The van der Waals surface area contributed by atoms with E-state index in [1.54, 1.807) is 25.8 Å². The second kappa shape index (κ2) is 4.59. The van der Waals surface area contributed by atoms with Gasteiger partial charge in [0.25, 0.3) is 5.91 Å². The fraction of sp³-hybridized carbons (Fsp3) is 0.556. The van der Waals surface area contributed by atoms with E-state index < -0.39 is 0 Å². The molecule has 0 aliphatic heterocycles. The van der Waals surface area contributed by atoms with Gasteiger partial charge < -0.3 is 9.32 Å². The second-order valence-electron chi connectivity index (χ2n) is 3.06. The molecular formula is C9H13BrN2O2. The molecule has 0 unspecified atom stereocenters. The van der Waals surface area contributed by atoms with Crippen molar-refractivity contribution in [3.63, 3.8) is 0 Å². The van der Waals surface area contributed by atoms with E-state index in [1.807, 2.05) is 0 Å². The zero-order valence-electron chi connectivity index (χ0n) is 8.50. The average molecular weight is 261 g/mol. The highest BCUT2D eigenvalue weighted by molar-refractivity contribution is 9.09. The Morgan fingerprint density at radius 3 is 2.64 bits per heavy atom. The predicted octanol–water partition coefficient (Wildman–Crippen LogP) is 1.76. The largest absolute Gasteiger partial charge is 0.436 e. The van der Waals surface area contributed by atoms with E-state index in [0.29, 0.717) is 23.9 Å². The number of oxazole rings is 1. The van der Waals surface area contributed by atoms with Gasteiger partial charge in [-0.3, -0.25) is 4.79 Å². The van der Waals surface area contributed by atoms with Gasteiger partial charge in [0.1, 0.15) is 0 Å². The molecule has 1 aromatic heterocycles. The predicted molar refractivity (Wildman–Crippen MR) is 56.7 cm³/mol. The normalized spacial score (nSPS) is 10.3. The molecule has 0 saturated heterocycles. The SMILES string of the molecule is Cc1nc(C)c(C(=O)N(C)CCBr)o1. The van der Waals surface area contributed by atoms with Crippen LogP contribution >= 0.6 is 15.9 Å². The van der Waals surface area contributed by atoms with Crippen LogP contribution < -0.4 is 0 Å². The Hall–Kier alpha value is -0.840. The van der Waals surface area contributed by atoms with E-state index >= 15 is 0 Å². The van der Waals surface area contributed by atoms with Crippen LogP contribution in [-0.4, -0.2) is 34.7 Å². The number of carbonyl (C=O) groups is 1. The lowest BCUT2D eigenvalue weighted by Gasteiger charge is -2.13. The number of nitrogens with zero attached hydrogens (tertiary/aromatic N) is 2. The molecule has 0 bridgehead atoms. The molecule has 5 heteroatoms. The van der Waals surface area contributed by atoms with Gasteiger partial charge in [-0.05, 0) is 6.92 Å². The first-order valence-electron chi connectivity index (χ1n) is 4.31. The van der Waals surface area contributed by atoms with Crippen molar-refractivity contribution in [1.82, 2.24) is 9.88 Å². The smallest absolute Gasteiger partial charge is 0.291 e. The van der Waals surface area contributed by atoms with Crippen LogP contribution in [0.3, 0.4) is 0 Å². The molecule has 4 nitrogen and oxygen atoms in total. The molecule has 1 heterocycles. The first kappa shape index (κ1) is 11.2. The van der Waals surface area contributed by atoms with Crippen LogP contribution in [-0.2, 0) is 0 Å². The van der Waals surface area contributed by atoms with Crippen molar-refractivity contribution < 1.29 is 9.21 Å². The lowest BCUT2D eigenvalue weighted by atomic mass is 10.3. The third kappa shape index (κ3) is 2.35. The number of halogens is 1. The summed E-state index contributed by atoms with van der Waals surface area (Å²) in [5.74, 6) is 0.742. The van der Waals surface area contributed by atoms with Crippen molar-refractivity contribution in [2.24, 2.45) is 0 Å². The number of rotatable bonds is 3. The molecule has 1 amide bonds. The van der Waals surface area contributed by atoms with Crippen LogP contribution in [0.4, 0.5) is 0 Å². The highest BCUT2D eigenvalue weighted by Gasteiger charge is 2.19. The van der Waals surface area contributed by atoms with Gasteiger partial charge in [0, 0.05) is 25.8 Å². The molecule has 78 valence electrons. The minimum absolute atomic E-state index is 0.123. The number of amides is 1. The van der Waals surface area contributed by atoms with Crippen LogP contribution in [0.5, 0.6) is 0 Å². The Balaban J connectivity index is 2.83. The lowest BCUT2D eigenvalue weighted by Crippen LogP contribution is -2.28. The van der Waals surface area contributed by atoms with Crippen LogP contribution in [0.1, 0.15) is 22.1 Å². The summed E-state index contributed by atoms with van der Waals surface area (Å²) in [6.45, 7) is 4.15. The number of aromatic nitrogens is 1. The van der Waals surface area contributed by atoms with Gasteiger partial charge in [-0.25, -0.2) is 4.98 Å². The molecule has 0 fully saturated rings. The maximum Gasteiger partial charge on any atom is 0.291 e. The van der Waals surface area contributed by atoms with Crippen LogP contribution in [0.2, 0.25) is 0 Å². The molecule has 0 aliphatic rings. The molecule has 1 rings (SSSR count). The summed E-state index contributed by atoms with van der Waals surface area (Å²) in [5, 5.41) is 0.751. The third-order valence-electron chi connectivity index (χ3n) is 1.86. The minimum atomic E-state index is -0.123. The van der Waals surface area contributed by atoms with Crippen LogP contribution in [0, 0.1) is 13.8 Å². The summed E-state index contributed by atoms with van der Waals surface area (Å²) < 4.78 is 5.23. The zero-order valence-corrected chi connectivity index (χ0v) is 10.1. The van der Waals surface area contributed by atoms with Gasteiger partial charge >= 0.3 is 0 Å². The number of hydrogen-bond acceptors (Lipinski definition) is 3. The monoisotopic (exact) mass is 260 g/mol. The number of hydrogen-bond donors (Lipinski definition) is 0. The van der Waals surface area contributed by atoms with Crippen LogP contribution in [0.25, 0.3) is 0 Å². The topological polar surface area (TPSA) is 46.3 Å². The molecule has 0 saturated carbocycles. The van der Waals surface area contributed by atoms with Gasteiger partial charge in [-0.15, -0.1) is 0 Å². The minimum Gasteiger partial charge on any atom is -0.436 e. The highest BCUT2D eigenvalue weighted by Crippen LogP contribution is 2.11. The summed E-state index contributed by atoms with van der Waals surface area (Å²) in [6, 6.07) is 0. The molecule has 1 aromatic rings. The quantitative estimate of drug-likeness (QED) is 0.779. The Bertz CT molecular complexity index is 336. The first-order chi connectivity index (χ1) is 6.56. The first-order valence-corrected chi connectivity index (χ1v) is 5.44. The molecule has 0 spiro atoms. The maximum absolute atomic E-state index is 11.7. The van der Waals surface area contributed by atoms with Crippen molar-refractivity contribution in [2.45, 2.75) is 13.8 Å². The van der Waals surface area contributed by atoms with Crippen molar-refractivity contribution in [2.75, 3.05) is 18.9 Å². The fourth-order valence-electron chi connectivity index (χ4n) is 1.13. The molecule has 0 aromatic carbocycles.